The Morgan fingerprint density at radius 1 is 1.31 bits per heavy atom. The second-order valence-electron chi connectivity index (χ2n) is 6.29. The zero-order chi connectivity index (χ0) is 18.9. The molecule has 1 fully saturated rings. The molecule has 1 aromatic heterocycles. The maximum atomic E-state index is 12.6. The molecule has 2 atom stereocenters. The van der Waals surface area contributed by atoms with E-state index in [9.17, 15) is 23.1 Å². The molecular formula is C17H16ClF3N2O3. The van der Waals surface area contributed by atoms with Crippen LogP contribution in [0.15, 0.2) is 28.8 Å². The molecule has 0 spiro atoms. The maximum Gasteiger partial charge on any atom is 0.416 e. The number of hydrogen-bond acceptors (Lipinski definition) is 4. The molecule has 9 heteroatoms. The summed E-state index contributed by atoms with van der Waals surface area (Å²) in [5.41, 5.74) is -0.637. The van der Waals surface area contributed by atoms with E-state index >= 15 is 0 Å². The van der Waals surface area contributed by atoms with Crippen LogP contribution in [0.2, 0.25) is 5.02 Å². The van der Waals surface area contributed by atoms with Gasteiger partial charge in [-0.2, -0.15) is 13.2 Å². The monoisotopic (exact) mass is 388 g/mol. The van der Waals surface area contributed by atoms with E-state index < -0.39 is 17.6 Å². The van der Waals surface area contributed by atoms with Crippen LogP contribution in [0, 0.1) is 5.92 Å². The average molecular weight is 389 g/mol. The van der Waals surface area contributed by atoms with Crippen LogP contribution in [0.4, 0.5) is 13.2 Å². The number of hydrogen-bond donors (Lipinski definition) is 2. The number of nitrogens with one attached hydrogen (secondary N) is 1. The predicted molar refractivity (Wildman–Crippen MR) is 87.6 cm³/mol. The summed E-state index contributed by atoms with van der Waals surface area (Å²) in [7, 11) is 0. The number of carbonyl (C=O) groups is 1. The summed E-state index contributed by atoms with van der Waals surface area (Å²) in [6.07, 6.45) is -2.61. The molecule has 2 aromatic rings. The summed E-state index contributed by atoms with van der Waals surface area (Å²) >= 11 is 6.12. The van der Waals surface area contributed by atoms with Gasteiger partial charge in [-0.3, -0.25) is 4.79 Å². The zero-order valence-corrected chi connectivity index (χ0v) is 14.3. The SMILES string of the molecule is O=C(NC[C@H]1CC[C@@H](O)C1)c1noc(-c2ccc(C(F)(F)F)cc2)c1Cl. The lowest BCUT2D eigenvalue weighted by Crippen LogP contribution is -2.29. The first kappa shape index (κ1) is 18.7. The molecule has 0 unspecified atom stereocenters. The fraction of sp³-hybridized carbons (Fsp3) is 0.412. The lowest BCUT2D eigenvalue weighted by atomic mass is 10.1. The predicted octanol–water partition coefficient (Wildman–Crippen LogP) is 3.90. The third-order valence-electron chi connectivity index (χ3n) is 4.39. The molecule has 1 aromatic carbocycles. The normalized spacial score (nSPS) is 20.3. The van der Waals surface area contributed by atoms with Crippen LogP contribution in [0.25, 0.3) is 11.3 Å². The second kappa shape index (κ2) is 7.28. The van der Waals surface area contributed by atoms with Gasteiger partial charge in [0.05, 0.1) is 11.7 Å². The van der Waals surface area contributed by atoms with Crippen molar-refractivity contribution >= 4 is 17.5 Å². The van der Waals surface area contributed by atoms with Crippen molar-refractivity contribution in [3.05, 3.63) is 40.5 Å². The van der Waals surface area contributed by atoms with Crippen molar-refractivity contribution in [3.63, 3.8) is 0 Å². The molecule has 3 rings (SSSR count). The van der Waals surface area contributed by atoms with E-state index in [1.54, 1.807) is 0 Å². The van der Waals surface area contributed by atoms with Gasteiger partial charge in [0.25, 0.3) is 5.91 Å². The Labute approximate surface area is 152 Å². The second-order valence-corrected chi connectivity index (χ2v) is 6.67. The topological polar surface area (TPSA) is 75.4 Å². The average Bonchev–Trinajstić information content (AvgIpc) is 3.18. The third kappa shape index (κ3) is 4.02. The highest BCUT2D eigenvalue weighted by Crippen LogP contribution is 2.34. The van der Waals surface area contributed by atoms with E-state index in [1.165, 1.54) is 12.1 Å². The van der Waals surface area contributed by atoms with Gasteiger partial charge >= 0.3 is 6.18 Å². The number of halogens is 4. The molecule has 26 heavy (non-hydrogen) atoms. The Bertz CT molecular complexity index is 790. The van der Waals surface area contributed by atoms with Crippen molar-refractivity contribution in [3.8, 4) is 11.3 Å². The summed E-state index contributed by atoms with van der Waals surface area (Å²) in [5, 5.41) is 15.8. The lowest BCUT2D eigenvalue weighted by molar-refractivity contribution is -0.137. The van der Waals surface area contributed by atoms with E-state index in [1.807, 2.05) is 0 Å². The summed E-state index contributed by atoms with van der Waals surface area (Å²) in [4.78, 5) is 12.2. The minimum atomic E-state index is -4.44. The number of nitrogens with zero attached hydrogens (tertiary/aromatic N) is 1. The molecule has 1 amide bonds. The third-order valence-corrected chi connectivity index (χ3v) is 4.74. The van der Waals surface area contributed by atoms with Crippen molar-refractivity contribution in [2.45, 2.75) is 31.5 Å². The Balaban J connectivity index is 1.70. The van der Waals surface area contributed by atoms with Gasteiger partial charge in [0.15, 0.2) is 11.5 Å². The molecule has 140 valence electrons. The van der Waals surface area contributed by atoms with Crippen LogP contribution in [0.3, 0.4) is 0 Å². The first-order valence-corrected chi connectivity index (χ1v) is 8.42. The maximum absolute atomic E-state index is 12.6. The molecule has 0 aliphatic heterocycles. The van der Waals surface area contributed by atoms with Crippen molar-refractivity contribution in [2.24, 2.45) is 5.92 Å². The van der Waals surface area contributed by atoms with Gasteiger partial charge in [-0.05, 0) is 37.3 Å². The first-order chi connectivity index (χ1) is 12.3. The minimum absolute atomic E-state index is 0.0295. The van der Waals surface area contributed by atoms with Gasteiger partial charge in [-0.25, -0.2) is 0 Å². The van der Waals surface area contributed by atoms with E-state index in [4.69, 9.17) is 16.1 Å². The Hall–Kier alpha value is -2.06. The van der Waals surface area contributed by atoms with Crippen molar-refractivity contribution in [2.75, 3.05) is 6.54 Å². The number of benzene rings is 1. The Kier molecular flexibility index (Phi) is 5.24. The lowest BCUT2D eigenvalue weighted by Gasteiger charge is -2.09. The van der Waals surface area contributed by atoms with Gasteiger partial charge in [0.1, 0.15) is 5.02 Å². The molecule has 5 nitrogen and oxygen atoms in total. The highest BCUT2D eigenvalue weighted by molar-refractivity contribution is 6.35. The first-order valence-electron chi connectivity index (χ1n) is 8.04. The van der Waals surface area contributed by atoms with Gasteiger partial charge in [-0.15, -0.1) is 0 Å². The fourth-order valence-electron chi connectivity index (χ4n) is 2.96. The molecule has 0 radical (unpaired) electrons. The molecule has 1 aliphatic rings. The van der Waals surface area contributed by atoms with Crippen LogP contribution in [0.5, 0.6) is 0 Å². The van der Waals surface area contributed by atoms with Gasteiger partial charge in [0.2, 0.25) is 0 Å². The number of aliphatic hydroxyl groups is 1. The molecule has 1 aliphatic carbocycles. The van der Waals surface area contributed by atoms with Gasteiger partial charge in [-0.1, -0.05) is 28.9 Å². The summed E-state index contributed by atoms with van der Waals surface area (Å²) in [5.74, 6) is -0.311. The number of aliphatic hydroxyl groups excluding tert-OH is 1. The molecule has 1 heterocycles. The van der Waals surface area contributed by atoms with Crippen LogP contribution in [-0.4, -0.2) is 28.8 Å². The largest absolute Gasteiger partial charge is 0.416 e. The molecule has 1 saturated carbocycles. The Morgan fingerprint density at radius 2 is 2.00 bits per heavy atom. The number of rotatable bonds is 4. The molecular weight excluding hydrogens is 373 g/mol. The van der Waals surface area contributed by atoms with Crippen LogP contribution in [-0.2, 0) is 6.18 Å². The van der Waals surface area contributed by atoms with Crippen LogP contribution in [0.1, 0.15) is 35.3 Å². The Morgan fingerprint density at radius 3 is 2.58 bits per heavy atom. The van der Waals surface area contributed by atoms with Crippen molar-refractivity contribution < 1.29 is 27.6 Å². The minimum Gasteiger partial charge on any atom is -0.393 e. The molecule has 0 bridgehead atoms. The van der Waals surface area contributed by atoms with Gasteiger partial charge < -0.3 is 14.9 Å². The fourth-order valence-corrected chi connectivity index (χ4v) is 3.23. The van der Waals surface area contributed by atoms with Crippen LogP contribution >= 0.6 is 11.6 Å². The summed E-state index contributed by atoms with van der Waals surface area (Å²) in [6.45, 7) is 0.384. The van der Waals surface area contributed by atoms with E-state index in [0.717, 1.165) is 18.6 Å². The summed E-state index contributed by atoms with van der Waals surface area (Å²) < 4.78 is 42.9. The van der Waals surface area contributed by atoms with Crippen molar-refractivity contribution in [1.82, 2.24) is 10.5 Å². The van der Waals surface area contributed by atoms with E-state index in [-0.39, 0.29) is 34.1 Å². The zero-order valence-electron chi connectivity index (χ0n) is 13.5. The molecule has 2 N–H and O–H groups in total. The quantitative estimate of drug-likeness (QED) is 0.832. The number of amides is 1. The number of aromatic nitrogens is 1. The molecule has 0 saturated heterocycles. The smallest absolute Gasteiger partial charge is 0.393 e. The van der Waals surface area contributed by atoms with E-state index in [2.05, 4.69) is 10.5 Å². The standard InChI is InChI=1S/C17H16ClF3N2O3/c18-13-14(16(25)22-8-9-1-6-12(24)7-9)23-26-15(13)10-2-4-11(5-3-10)17(19,20)21/h2-5,9,12,24H,1,6-8H2,(H,22,25)/t9-,12+/m0/s1. The number of carbonyl (C=O) groups excluding carboxylic acids is 1. The highest BCUT2D eigenvalue weighted by atomic mass is 35.5. The summed E-state index contributed by atoms with van der Waals surface area (Å²) in [6, 6.07) is 4.21. The number of alkyl halides is 3. The van der Waals surface area contributed by atoms with E-state index in [0.29, 0.717) is 19.4 Å². The van der Waals surface area contributed by atoms with Gasteiger partial charge in [0, 0.05) is 12.1 Å². The highest BCUT2D eigenvalue weighted by Gasteiger charge is 2.31. The van der Waals surface area contributed by atoms with Crippen molar-refractivity contribution in [1.29, 1.82) is 0 Å². The van der Waals surface area contributed by atoms with Crippen LogP contribution < -0.4 is 5.32 Å².